The molecule has 0 aliphatic rings. The number of hydrogen-bond acceptors (Lipinski definition) is 2. The Morgan fingerprint density at radius 2 is 1.93 bits per heavy atom. The number of benzene rings is 1. The first-order chi connectivity index (χ1) is 7.08. The molecule has 0 N–H and O–H groups in total. The second kappa shape index (κ2) is 3.46. The first-order valence-corrected chi connectivity index (χ1v) is 4.97. The van der Waals surface area contributed by atoms with E-state index in [1.807, 2.05) is 25.1 Å². The zero-order chi connectivity index (χ0) is 11.0. The average Bonchev–Trinajstić information content (AvgIpc) is 2.16. The largest absolute Gasteiger partial charge is 0.295 e. The predicted molar refractivity (Wildman–Crippen MR) is 61.2 cm³/mol. The number of aromatic nitrogens is 1. The van der Waals surface area contributed by atoms with Gasteiger partial charge in [-0.2, -0.15) is 0 Å². The van der Waals surface area contributed by atoms with E-state index in [9.17, 15) is 4.79 Å². The SMILES string of the molecule is CC(=O)c1ccc2c(C)cc(C)nc2c1. The summed E-state index contributed by atoms with van der Waals surface area (Å²) in [7, 11) is 0. The van der Waals surface area contributed by atoms with Crippen molar-refractivity contribution in [3.8, 4) is 0 Å². The Kier molecular flexibility index (Phi) is 2.27. The predicted octanol–water partition coefficient (Wildman–Crippen LogP) is 3.05. The van der Waals surface area contributed by atoms with Crippen molar-refractivity contribution in [2.75, 3.05) is 0 Å². The summed E-state index contributed by atoms with van der Waals surface area (Å²) >= 11 is 0. The highest BCUT2D eigenvalue weighted by atomic mass is 16.1. The van der Waals surface area contributed by atoms with Crippen LogP contribution in [0.15, 0.2) is 24.3 Å². The first kappa shape index (κ1) is 9.84. The van der Waals surface area contributed by atoms with Crippen LogP contribution in [0.1, 0.15) is 28.5 Å². The van der Waals surface area contributed by atoms with Crippen molar-refractivity contribution in [1.82, 2.24) is 4.98 Å². The lowest BCUT2D eigenvalue weighted by Crippen LogP contribution is -1.94. The van der Waals surface area contributed by atoms with E-state index >= 15 is 0 Å². The number of Topliss-reactive ketones (excluding diaryl/α,β-unsaturated/α-hetero) is 1. The molecule has 0 radical (unpaired) electrons. The third kappa shape index (κ3) is 1.75. The highest BCUT2D eigenvalue weighted by molar-refractivity contribution is 5.98. The van der Waals surface area contributed by atoms with Gasteiger partial charge < -0.3 is 0 Å². The zero-order valence-corrected chi connectivity index (χ0v) is 9.16. The molecule has 0 aliphatic heterocycles. The van der Waals surface area contributed by atoms with E-state index in [0.717, 1.165) is 22.2 Å². The molecule has 0 bridgehead atoms. The van der Waals surface area contributed by atoms with Crippen LogP contribution in [0, 0.1) is 13.8 Å². The van der Waals surface area contributed by atoms with Crippen molar-refractivity contribution in [3.05, 3.63) is 41.1 Å². The highest BCUT2D eigenvalue weighted by Gasteiger charge is 2.04. The molecule has 15 heavy (non-hydrogen) atoms. The van der Waals surface area contributed by atoms with E-state index in [1.54, 1.807) is 6.92 Å². The number of nitrogens with zero attached hydrogens (tertiary/aromatic N) is 1. The third-order valence-corrected chi connectivity index (χ3v) is 2.55. The number of hydrogen-bond donors (Lipinski definition) is 0. The maximum atomic E-state index is 11.2. The number of fused-ring (bicyclic) bond motifs is 1. The van der Waals surface area contributed by atoms with Crippen LogP contribution in [0.2, 0.25) is 0 Å². The molecule has 2 heteroatoms. The van der Waals surface area contributed by atoms with Gasteiger partial charge in [-0.15, -0.1) is 0 Å². The van der Waals surface area contributed by atoms with Gasteiger partial charge in [0.05, 0.1) is 5.52 Å². The molecule has 0 saturated carbocycles. The van der Waals surface area contributed by atoms with Crippen LogP contribution >= 0.6 is 0 Å². The van der Waals surface area contributed by atoms with Gasteiger partial charge in [-0.1, -0.05) is 12.1 Å². The van der Waals surface area contributed by atoms with Gasteiger partial charge in [0, 0.05) is 16.6 Å². The van der Waals surface area contributed by atoms with Gasteiger partial charge >= 0.3 is 0 Å². The molecule has 0 fully saturated rings. The lowest BCUT2D eigenvalue weighted by atomic mass is 10.0. The average molecular weight is 199 g/mol. The van der Waals surface area contributed by atoms with Gasteiger partial charge in [0.25, 0.3) is 0 Å². The third-order valence-electron chi connectivity index (χ3n) is 2.55. The first-order valence-electron chi connectivity index (χ1n) is 4.97. The molecule has 1 heterocycles. The molecule has 76 valence electrons. The fourth-order valence-corrected chi connectivity index (χ4v) is 1.79. The van der Waals surface area contributed by atoms with Crippen LogP contribution in [0.5, 0.6) is 0 Å². The van der Waals surface area contributed by atoms with Crippen LogP contribution in [0.3, 0.4) is 0 Å². The summed E-state index contributed by atoms with van der Waals surface area (Å²) in [5.41, 5.74) is 3.81. The highest BCUT2D eigenvalue weighted by Crippen LogP contribution is 2.19. The maximum Gasteiger partial charge on any atom is 0.159 e. The minimum atomic E-state index is 0.0814. The van der Waals surface area contributed by atoms with Gasteiger partial charge in [-0.3, -0.25) is 9.78 Å². The topological polar surface area (TPSA) is 30.0 Å². The second-order valence-corrected chi connectivity index (χ2v) is 3.87. The van der Waals surface area contributed by atoms with E-state index < -0.39 is 0 Å². The van der Waals surface area contributed by atoms with E-state index in [2.05, 4.69) is 18.0 Å². The van der Waals surface area contributed by atoms with Crippen molar-refractivity contribution >= 4 is 16.7 Å². The van der Waals surface area contributed by atoms with Gasteiger partial charge in [0.15, 0.2) is 5.78 Å². The van der Waals surface area contributed by atoms with Crippen molar-refractivity contribution in [2.45, 2.75) is 20.8 Å². The summed E-state index contributed by atoms with van der Waals surface area (Å²) in [6.07, 6.45) is 0. The fraction of sp³-hybridized carbons (Fsp3) is 0.231. The Labute approximate surface area is 89.0 Å². The summed E-state index contributed by atoms with van der Waals surface area (Å²) in [6.45, 7) is 5.60. The molecule has 2 aromatic rings. The Bertz CT molecular complexity index is 543. The van der Waals surface area contributed by atoms with Gasteiger partial charge in [-0.25, -0.2) is 0 Å². The van der Waals surface area contributed by atoms with E-state index in [0.29, 0.717) is 0 Å². The number of aryl methyl sites for hydroxylation is 2. The molecule has 0 amide bonds. The lowest BCUT2D eigenvalue weighted by Gasteiger charge is -2.04. The summed E-state index contributed by atoms with van der Waals surface area (Å²) in [5.74, 6) is 0.0814. The molecule has 0 atom stereocenters. The normalized spacial score (nSPS) is 10.6. The van der Waals surface area contributed by atoms with Crippen LogP contribution in [-0.4, -0.2) is 10.8 Å². The molecule has 1 aromatic heterocycles. The quantitative estimate of drug-likeness (QED) is 0.661. The summed E-state index contributed by atoms with van der Waals surface area (Å²) in [5, 5.41) is 1.12. The van der Waals surface area contributed by atoms with E-state index in [-0.39, 0.29) is 5.78 Å². The Balaban J connectivity index is 2.76. The van der Waals surface area contributed by atoms with Gasteiger partial charge in [0.1, 0.15) is 0 Å². The van der Waals surface area contributed by atoms with Crippen LogP contribution in [0.4, 0.5) is 0 Å². The Hall–Kier alpha value is -1.70. The van der Waals surface area contributed by atoms with Crippen LogP contribution < -0.4 is 0 Å². The monoisotopic (exact) mass is 199 g/mol. The number of carbonyl (C=O) groups is 1. The van der Waals surface area contributed by atoms with Crippen LogP contribution in [0.25, 0.3) is 10.9 Å². The van der Waals surface area contributed by atoms with Gasteiger partial charge in [0.2, 0.25) is 0 Å². The molecular formula is C13H13NO. The standard InChI is InChI=1S/C13H13NO/c1-8-6-9(2)14-13-7-11(10(3)15)4-5-12(8)13/h4-7H,1-3H3. The minimum Gasteiger partial charge on any atom is -0.295 e. The van der Waals surface area contributed by atoms with Crippen molar-refractivity contribution in [1.29, 1.82) is 0 Å². The maximum absolute atomic E-state index is 11.2. The molecule has 2 rings (SSSR count). The minimum absolute atomic E-state index is 0.0814. The zero-order valence-electron chi connectivity index (χ0n) is 9.16. The molecule has 0 spiro atoms. The Morgan fingerprint density at radius 1 is 1.20 bits per heavy atom. The van der Waals surface area contributed by atoms with Crippen molar-refractivity contribution < 1.29 is 4.79 Å². The van der Waals surface area contributed by atoms with Crippen molar-refractivity contribution in [2.24, 2.45) is 0 Å². The van der Waals surface area contributed by atoms with E-state index in [4.69, 9.17) is 0 Å². The summed E-state index contributed by atoms with van der Waals surface area (Å²) in [4.78, 5) is 15.7. The molecule has 1 aromatic carbocycles. The smallest absolute Gasteiger partial charge is 0.159 e. The summed E-state index contributed by atoms with van der Waals surface area (Å²) < 4.78 is 0. The summed E-state index contributed by atoms with van der Waals surface area (Å²) in [6, 6.07) is 7.73. The lowest BCUT2D eigenvalue weighted by molar-refractivity contribution is 0.101. The molecule has 2 nitrogen and oxygen atoms in total. The number of carbonyl (C=O) groups excluding carboxylic acids is 1. The molecule has 0 saturated heterocycles. The molecule has 0 aliphatic carbocycles. The van der Waals surface area contributed by atoms with E-state index in [1.165, 1.54) is 5.56 Å². The van der Waals surface area contributed by atoms with Gasteiger partial charge in [-0.05, 0) is 38.5 Å². The second-order valence-electron chi connectivity index (χ2n) is 3.87. The molecular weight excluding hydrogens is 186 g/mol. The number of pyridine rings is 1. The van der Waals surface area contributed by atoms with Crippen molar-refractivity contribution in [3.63, 3.8) is 0 Å². The number of ketones is 1. The Morgan fingerprint density at radius 3 is 2.60 bits per heavy atom. The van der Waals surface area contributed by atoms with Crippen LogP contribution in [-0.2, 0) is 0 Å². The number of rotatable bonds is 1. The molecule has 0 unspecified atom stereocenters. The fourth-order valence-electron chi connectivity index (χ4n) is 1.79.